The van der Waals surface area contributed by atoms with Crippen molar-refractivity contribution in [2.75, 3.05) is 54.4 Å². The molecule has 17 heteroatoms. The number of benzene rings is 2. The SMILES string of the molecule is CC.CCCc1ccc(C(NN/C(CC)=C(\C=O)N2CCN(C(=O)/C(NC)=C(\O)C(C)=NC)CC2)NN(C)C)cc1C.Cc1ccc(C(F)(P)P)cc1Cl.NC=O. The van der Waals surface area contributed by atoms with Crippen molar-refractivity contribution in [1.82, 2.24) is 36.4 Å². The minimum absolute atomic E-state index is 0.111. The number of aldehydes is 1. The highest BCUT2D eigenvalue weighted by atomic mass is 35.5. The van der Waals surface area contributed by atoms with Gasteiger partial charge in [0.25, 0.3) is 5.91 Å². The molecule has 1 fully saturated rings. The number of hydrogen-bond acceptors (Lipinski definition) is 11. The zero-order valence-electron chi connectivity index (χ0n) is 35.6. The molecule has 1 heterocycles. The molecule has 3 rings (SSSR count). The number of nitrogens with zero attached hydrogens (tertiary/aromatic N) is 4. The van der Waals surface area contributed by atoms with Gasteiger partial charge in [-0.25, -0.2) is 20.3 Å². The van der Waals surface area contributed by atoms with Crippen LogP contribution in [0.4, 0.5) is 4.39 Å². The molecular weight excluding hydrogens is 787 g/mol. The zero-order valence-corrected chi connectivity index (χ0v) is 38.7. The van der Waals surface area contributed by atoms with Gasteiger partial charge in [-0.15, -0.1) is 0 Å². The number of carbonyl (C=O) groups excluding carboxylic acids is 3. The van der Waals surface area contributed by atoms with Crippen LogP contribution in [0.3, 0.4) is 0 Å². The predicted octanol–water partition coefficient (Wildman–Crippen LogP) is 5.76. The highest BCUT2D eigenvalue weighted by Crippen LogP contribution is 2.41. The van der Waals surface area contributed by atoms with Crippen molar-refractivity contribution < 1.29 is 23.9 Å². The normalized spacial score (nSPS) is 14.3. The molecule has 2 amide bonds. The number of allylic oxidation sites excluding steroid dienone is 3. The van der Waals surface area contributed by atoms with E-state index in [0.717, 1.165) is 36.0 Å². The first-order valence-electron chi connectivity index (χ1n) is 18.9. The van der Waals surface area contributed by atoms with Gasteiger partial charge in [0.1, 0.15) is 11.9 Å². The van der Waals surface area contributed by atoms with Crippen molar-refractivity contribution in [2.24, 2.45) is 10.7 Å². The lowest BCUT2D eigenvalue weighted by molar-refractivity contribution is -0.129. The van der Waals surface area contributed by atoms with Gasteiger partial charge in [0.2, 0.25) is 6.41 Å². The number of aryl methyl sites for hydroxylation is 3. The summed E-state index contributed by atoms with van der Waals surface area (Å²) >= 11 is 5.83. The third-order valence-corrected chi connectivity index (χ3v) is 9.72. The number of aliphatic imine (C=N–C) groups is 1. The van der Waals surface area contributed by atoms with E-state index in [9.17, 15) is 19.1 Å². The van der Waals surface area contributed by atoms with Crippen molar-refractivity contribution in [3.63, 3.8) is 0 Å². The van der Waals surface area contributed by atoms with Crippen molar-refractivity contribution >= 4 is 54.4 Å². The number of likely N-dealkylation sites (N-methyl/N-ethyl adjacent to an activating group) is 1. The molecule has 1 aliphatic rings. The summed E-state index contributed by atoms with van der Waals surface area (Å²) in [6.07, 6.45) is 3.65. The molecule has 0 radical (unpaired) electrons. The van der Waals surface area contributed by atoms with Gasteiger partial charge in [0.15, 0.2) is 17.2 Å². The van der Waals surface area contributed by atoms with Crippen LogP contribution >= 0.6 is 30.1 Å². The lowest BCUT2D eigenvalue weighted by Crippen LogP contribution is -2.51. The molecule has 1 aliphatic heterocycles. The van der Waals surface area contributed by atoms with Crippen LogP contribution in [0.2, 0.25) is 5.02 Å². The summed E-state index contributed by atoms with van der Waals surface area (Å²) in [4.78, 5) is 41.5. The Morgan fingerprint density at radius 3 is 2.09 bits per heavy atom. The van der Waals surface area contributed by atoms with Gasteiger partial charge in [-0.05, 0) is 67.5 Å². The predicted molar refractivity (Wildman–Crippen MR) is 240 cm³/mol. The Bertz CT molecular complexity index is 1660. The Labute approximate surface area is 349 Å². The molecule has 0 bridgehead atoms. The second-order valence-corrected chi connectivity index (χ2v) is 15.7. The number of rotatable bonds is 15. The average molecular weight is 854 g/mol. The maximum absolute atomic E-state index is 13.3. The number of hydrogen-bond donors (Lipinski definition) is 6. The van der Waals surface area contributed by atoms with Crippen LogP contribution in [-0.4, -0.2) is 98.6 Å². The van der Waals surface area contributed by atoms with Crippen LogP contribution in [0.5, 0.6) is 0 Å². The van der Waals surface area contributed by atoms with Crippen molar-refractivity contribution in [2.45, 2.75) is 79.0 Å². The third kappa shape index (κ3) is 17.8. The number of hydrazine groups is 2. The van der Waals surface area contributed by atoms with E-state index in [1.54, 1.807) is 44.1 Å². The number of amides is 2. The lowest BCUT2D eigenvalue weighted by atomic mass is 10.0. The number of carbonyl (C=O) groups is 3. The first kappa shape index (κ1) is 53.4. The monoisotopic (exact) mass is 853 g/mol. The molecule has 2 aromatic carbocycles. The summed E-state index contributed by atoms with van der Waals surface area (Å²) in [5, 5.41) is 14.2. The van der Waals surface area contributed by atoms with Gasteiger partial charge in [-0.3, -0.25) is 19.4 Å². The van der Waals surface area contributed by atoms with E-state index in [0.29, 0.717) is 54.6 Å². The molecule has 0 aliphatic carbocycles. The quantitative estimate of drug-likeness (QED) is 0.0247. The Kier molecular flexibility index (Phi) is 26.1. The van der Waals surface area contributed by atoms with E-state index in [1.165, 1.54) is 11.1 Å². The van der Waals surface area contributed by atoms with Crippen LogP contribution in [0, 0.1) is 13.8 Å². The molecule has 1 saturated heterocycles. The average Bonchev–Trinajstić information content (AvgIpc) is 3.18. The van der Waals surface area contributed by atoms with Crippen molar-refractivity contribution in [3.05, 3.63) is 92.1 Å². The Balaban J connectivity index is 0.00000153. The van der Waals surface area contributed by atoms with Gasteiger partial charge in [0.05, 0.1) is 17.1 Å². The summed E-state index contributed by atoms with van der Waals surface area (Å²) in [6, 6.07) is 11.7. The topological polar surface area (TPSA) is 168 Å². The Morgan fingerprint density at radius 2 is 1.65 bits per heavy atom. The van der Waals surface area contributed by atoms with E-state index < -0.39 is 5.15 Å². The number of halogens is 2. The molecule has 57 heavy (non-hydrogen) atoms. The summed E-state index contributed by atoms with van der Waals surface area (Å²) in [7, 11) is 11.2. The summed E-state index contributed by atoms with van der Waals surface area (Å²) in [5.74, 6) is -0.460. The number of nitrogens with two attached hydrogens (primary N) is 1. The minimum Gasteiger partial charge on any atom is -0.504 e. The third-order valence-electron chi connectivity index (χ3n) is 8.65. The van der Waals surface area contributed by atoms with E-state index in [-0.39, 0.29) is 29.9 Å². The van der Waals surface area contributed by atoms with Gasteiger partial charge >= 0.3 is 0 Å². The lowest BCUT2D eigenvalue weighted by Gasteiger charge is -2.37. The molecule has 0 saturated carbocycles. The molecular formula is C40H67ClFN9O4P2. The second kappa shape index (κ2) is 27.9. The van der Waals surface area contributed by atoms with Gasteiger partial charge < -0.3 is 31.4 Å². The first-order valence-corrected chi connectivity index (χ1v) is 20.5. The highest BCUT2D eigenvalue weighted by molar-refractivity contribution is 7.38. The molecule has 13 nitrogen and oxygen atoms in total. The summed E-state index contributed by atoms with van der Waals surface area (Å²) in [6.45, 7) is 15.6. The molecule has 0 aromatic heterocycles. The minimum atomic E-state index is -1.47. The smallest absolute Gasteiger partial charge is 0.273 e. The second-order valence-electron chi connectivity index (χ2n) is 12.9. The zero-order chi connectivity index (χ0) is 43.9. The van der Waals surface area contributed by atoms with Crippen LogP contribution in [0.1, 0.15) is 81.4 Å². The largest absolute Gasteiger partial charge is 0.504 e. The number of alkyl halides is 1. The number of primary amides is 1. The van der Waals surface area contributed by atoms with Crippen LogP contribution < -0.4 is 27.3 Å². The van der Waals surface area contributed by atoms with Gasteiger partial charge in [-0.1, -0.05) is 94.5 Å². The van der Waals surface area contributed by atoms with E-state index in [4.69, 9.17) is 16.4 Å². The molecule has 3 atom stereocenters. The van der Waals surface area contributed by atoms with E-state index >= 15 is 0 Å². The number of nitrogens with one attached hydrogen (secondary N) is 4. The standard InChI is InChI=1S/C29H48N8O3.C8H10ClFP2.C2H6.CH3NO/c1-9-11-22-12-13-23(18-20(22)3)28(34-35(7)8)33-32-24(10-2)25(19-38)36-14-16-37(17-15-36)29(40)26(31-6)27(39)21(4)30-5;1-5-2-3-6(4-7(5)9)8(10,11)12;1-2;2-1-3/h12-13,18-19,28,31-34,39H,9-11,14-17H2,1-8H3;2-4H,11-12H2,1H3;1-2H3;1H,(H2,2,3)/b25-24+,27-26+,30-21?;;;. The van der Waals surface area contributed by atoms with E-state index in [1.807, 2.05) is 51.7 Å². The fraction of sp³-hybridized carbons (Fsp3) is 0.500. The maximum Gasteiger partial charge on any atom is 0.273 e. The molecule has 3 unspecified atom stereocenters. The fourth-order valence-electron chi connectivity index (χ4n) is 5.48. The number of aliphatic hydroxyl groups is 1. The summed E-state index contributed by atoms with van der Waals surface area (Å²) in [5.41, 5.74) is 21.2. The number of piperazine rings is 1. The van der Waals surface area contributed by atoms with Crippen LogP contribution in [-0.2, 0) is 26.0 Å². The number of aliphatic hydroxyl groups excluding tert-OH is 1. The first-order chi connectivity index (χ1) is 26.9. The van der Waals surface area contributed by atoms with Crippen molar-refractivity contribution in [1.29, 1.82) is 0 Å². The van der Waals surface area contributed by atoms with Gasteiger partial charge in [0, 0.05) is 59.4 Å². The van der Waals surface area contributed by atoms with Crippen LogP contribution in [0.25, 0.3) is 0 Å². The molecule has 2 aromatic rings. The maximum atomic E-state index is 13.3. The van der Waals surface area contributed by atoms with Crippen LogP contribution in [0.15, 0.2) is 64.2 Å². The molecule has 0 spiro atoms. The van der Waals surface area contributed by atoms with Crippen molar-refractivity contribution in [3.8, 4) is 0 Å². The molecule has 7 N–H and O–H groups in total. The Hall–Kier alpha value is -3.64. The fourth-order valence-corrected chi connectivity index (χ4v) is 6.02. The molecule has 320 valence electrons. The van der Waals surface area contributed by atoms with Gasteiger partial charge in [-0.2, -0.15) is 0 Å². The summed E-state index contributed by atoms with van der Waals surface area (Å²) < 4.78 is 13.3. The van der Waals surface area contributed by atoms with E-state index in [2.05, 4.69) is 82.8 Å². The Morgan fingerprint density at radius 1 is 1.07 bits per heavy atom. The highest BCUT2D eigenvalue weighted by Gasteiger charge is 2.28.